The number of imidazole rings is 1. The van der Waals surface area contributed by atoms with E-state index in [9.17, 15) is 0 Å². The SMILES string of the molecule is CC(C)Cc1cc(-c2[c-]cccc2)nc[c]1[Ge]([CH3])([CH3])[CH3].CCC(CC)c1ccc2c(n1)oc1c[c-]c(-c3nc4ccccc4n3-c3c(C(C)C)cc4ccccc4c3C(C)C)cc12.[Ir]. The Kier molecular flexibility index (Phi) is 14.5. The van der Waals surface area contributed by atoms with Crippen molar-refractivity contribution in [2.45, 2.75) is 110 Å². The minimum Gasteiger partial charge on any atom is -0.486 e. The molecule has 0 aliphatic carbocycles. The molecule has 0 atom stereocenters. The standard InChI is InChI=1S/C39H38N3O.C18H24GeN.Ir/c1-7-25(8-2)32-19-18-29-31-22-27(17-20-35(31)43-39(29)41-32)38-40-33-15-11-12-16-34(33)42(38)37-30(23(3)4)21-26-13-9-10-14-28(26)36(37)24(5)6;1-14(2)11-16-12-18(15-9-7-6-8-10-15)20-13-17(16)19(3,4)5;/h9-16,18-25H,7-8H2,1-6H3;6-9,12-14H,11H2,1-5H3;/q2*-1;. The maximum Gasteiger partial charge on any atom is 0.216 e. The van der Waals surface area contributed by atoms with E-state index in [-0.39, 0.29) is 20.1 Å². The van der Waals surface area contributed by atoms with Gasteiger partial charge < -0.3 is 8.98 Å². The van der Waals surface area contributed by atoms with Gasteiger partial charge in [-0.2, -0.15) is 0 Å². The van der Waals surface area contributed by atoms with Gasteiger partial charge in [-0.3, -0.25) is 4.98 Å². The van der Waals surface area contributed by atoms with Gasteiger partial charge in [0.05, 0.1) is 22.4 Å². The molecule has 9 aromatic rings. The molecule has 0 spiro atoms. The van der Waals surface area contributed by atoms with Crippen LogP contribution in [-0.2, 0) is 26.5 Å². The van der Waals surface area contributed by atoms with Crippen molar-refractivity contribution in [2.75, 3.05) is 0 Å². The van der Waals surface area contributed by atoms with E-state index in [0.29, 0.717) is 29.4 Å². The summed E-state index contributed by atoms with van der Waals surface area (Å²) in [7, 11) is 0. The number of fused-ring (bicyclic) bond motifs is 5. The van der Waals surface area contributed by atoms with Crippen LogP contribution in [0.15, 0.2) is 120 Å². The third-order valence-electron chi connectivity index (χ3n) is 12.4. The summed E-state index contributed by atoms with van der Waals surface area (Å²) in [6.07, 6.45) is 5.40. The van der Waals surface area contributed by atoms with Crippen molar-refractivity contribution < 1.29 is 24.5 Å². The Morgan fingerprint density at radius 2 is 1.45 bits per heavy atom. The number of hydrogen-bond donors (Lipinski definition) is 0. The number of rotatable bonds is 11. The molecule has 7 heteroatoms. The normalized spacial score (nSPS) is 12.0. The second-order valence-corrected chi connectivity index (χ2v) is 29.8. The Morgan fingerprint density at radius 1 is 0.719 bits per heavy atom. The number of aromatic nitrogens is 4. The number of hydrogen-bond acceptors (Lipinski definition) is 4. The first-order valence-corrected chi connectivity index (χ1v) is 30.4. The number of para-hydroxylation sites is 2. The third-order valence-corrected chi connectivity index (χ3v) is 16.8. The van der Waals surface area contributed by atoms with Gasteiger partial charge in [0.25, 0.3) is 0 Å². The molecule has 0 aliphatic heterocycles. The summed E-state index contributed by atoms with van der Waals surface area (Å²) in [5.41, 5.74) is 13.1. The molecule has 0 aliphatic rings. The van der Waals surface area contributed by atoms with Crippen LogP contribution in [0, 0.1) is 18.1 Å². The van der Waals surface area contributed by atoms with Gasteiger partial charge in [0.2, 0.25) is 5.71 Å². The molecule has 5 aromatic carbocycles. The number of nitrogens with zero attached hydrogens (tertiary/aromatic N) is 4. The van der Waals surface area contributed by atoms with Gasteiger partial charge in [-0.05, 0) is 76.9 Å². The van der Waals surface area contributed by atoms with Gasteiger partial charge in [0.15, 0.2) is 0 Å². The first kappa shape index (κ1) is 47.1. The molecule has 0 amide bonds. The topological polar surface area (TPSA) is 56.7 Å². The van der Waals surface area contributed by atoms with Crippen LogP contribution in [0.5, 0.6) is 0 Å². The van der Waals surface area contributed by atoms with E-state index in [0.717, 1.165) is 75.0 Å². The van der Waals surface area contributed by atoms with Crippen LogP contribution in [-0.4, -0.2) is 32.8 Å². The summed E-state index contributed by atoms with van der Waals surface area (Å²) in [5, 5.41) is 4.64. The summed E-state index contributed by atoms with van der Waals surface area (Å²) in [6.45, 7) is 18.2. The molecule has 0 fully saturated rings. The van der Waals surface area contributed by atoms with Crippen molar-refractivity contribution in [3.8, 4) is 28.3 Å². The first-order chi connectivity index (χ1) is 30.3. The number of benzene rings is 5. The molecule has 0 N–H and O–H groups in total. The summed E-state index contributed by atoms with van der Waals surface area (Å²) in [5.74, 6) is 9.95. The van der Waals surface area contributed by atoms with E-state index in [2.05, 4.69) is 180 Å². The van der Waals surface area contributed by atoms with Crippen molar-refractivity contribution in [3.05, 3.63) is 150 Å². The van der Waals surface area contributed by atoms with Crippen LogP contribution in [0.2, 0.25) is 17.3 Å². The van der Waals surface area contributed by atoms with Crippen LogP contribution in [0.25, 0.3) is 72.2 Å². The van der Waals surface area contributed by atoms with Gasteiger partial charge in [-0.1, -0.05) is 83.3 Å². The van der Waals surface area contributed by atoms with Crippen molar-refractivity contribution in [1.29, 1.82) is 0 Å². The van der Waals surface area contributed by atoms with Gasteiger partial charge >= 0.3 is 126 Å². The fraction of sp³-hybridized carbons (Fsp3) is 0.316. The van der Waals surface area contributed by atoms with Crippen LogP contribution >= 0.6 is 0 Å². The zero-order valence-corrected chi connectivity index (χ0v) is 43.9. The summed E-state index contributed by atoms with van der Waals surface area (Å²) in [6, 6.07) is 45.3. The molecule has 0 bridgehead atoms. The van der Waals surface area contributed by atoms with E-state index >= 15 is 0 Å². The van der Waals surface area contributed by atoms with Crippen molar-refractivity contribution >= 4 is 61.5 Å². The maximum absolute atomic E-state index is 6.28. The summed E-state index contributed by atoms with van der Waals surface area (Å²) < 4.78 is 10.2. The van der Waals surface area contributed by atoms with Gasteiger partial charge in [-0.25, -0.2) is 4.98 Å². The summed E-state index contributed by atoms with van der Waals surface area (Å²) in [4.78, 5) is 14.9. The van der Waals surface area contributed by atoms with Gasteiger partial charge in [0, 0.05) is 42.8 Å². The predicted octanol–water partition coefficient (Wildman–Crippen LogP) is 15.4. The predicted molar refractivity (Wildman–Crippen MR) is 269 cm³/mol. The largest absolute Gasteiger partial charge is 0.486 e. The molecule has 4 aromatic heterocycles. The Morgan fingerprint density at radius 3 is 2.14 bits per heavy atom. The van der Waals surface area contributed by atoms with E-state index in [4.69, 9.17) is 19.4 Å². The molecular formula is C57H62GeIrN4O-2. The molecule has 1 radical (unpaired) electrons. The number of furan rings is 1. The van der Waals surface area contributed by atoms with Gasteiger partial charge in [-0.15, -0.1) is 23.8 Å². The fourth-order valence-corrected chi connectivity index (χ4v) is 12.6. The van der Waals surface area contributed by atoms with Crippen LogP contribution in [0.4, 0.5) is 0 Å². The van der Waals surface area contributed by atoms with E-state index in [1.165, 1.54) is 33.2 Å². The zero-order valence-electron chi connectivity index (χ0n) is 39.4. The van der Waals surface area contributed by atoms with Crippen molar-refractivity contribution in [1.82, 2.24) is 19.5 Å². The molecule has 5 nitrogen and oxygen atoms in total. The van der Waals surface area contributed by atoms with Crippen LogP contribution in [0.3, 0.4) is 0 Å². The maximum atomic E-state index is 6.28. The molecule has 4 heterocycles. The molecular weight excluding hydrogens is 1020 g/mol. The molecule has 64 heavy (non-hydrogen) atoms. The molecule has 9 rings (SSSR count). The first-order valence-electron chi connectivity index (χ1n) is 23.0. The van der Waals surface area contributed by atoms with E-state index in [1.54, 1.807) is 4.40 Å². The minimum absolute atomic E-state index is 0. The van der Waals surface area contributed by atoms with Crippen molar-refractivity contribution in [2.24, 2.45) is 5.92 Å². The monoisotopic (exact) mass is 1090 g/mol. The molecule has 0 saturated carbocycles. The van der Waals surface area contributed by atoms with Crippen LogP contribution in [0.1, 0.15) is 108 Å². The Balaban J connectivity index is 0.000000246. The second kappa shape index (κ2) is 19.7. The quantitative estimate of drug-likeness (QED) is 0.0957. The second-order valence-electron chi connectivity index (χ2n) is 19.2. The third kappa shape index (κ3) is 9.43. The molecule has 0 unspecified atom stereocenters. The van der Waals surface area contributed by atoms with Crippen LogP contribution < -0.4 is 4.40 Å². The van der Waals surface area contributed by atoms with Gasteiger partial charge in [0.1, 0.15) is 0 Å². The number of pyridine rings is 2. The van der Waals surface area contributed by atoms with E-state index < -0.39 is 13.3 Å². The molecule has 0 saturated heterocycles. The molecule has 331 valence electrons. The Hall–Kier alpha value is -4.88. The zero-order chi connectivity index (χ0) is 44.6. The van der Waals surface area contributed by atoms with Crippen molar-refractivity contribution in [3.63, 3.8) is 0 Å². The fourth-order valence-electron chi connectivity index (χ4n) is 9.25. The Labute approximate surface area is 396 Å². The average molecular weight is 1080 g/mol. The smallest absolute Gasteiger partial charge is 0.216 e. The minimum atomic E-state index is -1.86. The van der Waals surface area contributed by atoms with E-state index in [1.807, 2.05) is 24.3 Å². The Bertz CT molecular complexity index is 3040. The average Bonchev–Trinajstić information content (AvgIpc) is 3.84. The summed E-state index contributed by atoms with van der Waals surface area (Å²) >= 11 is -1.86.